The molecule has 1 aromatic carbocycles. The number of nitrogens with zero attached hydrogens (tertiary/aromatic N) is 3. The van der Waals surface area contributed by atoms with Crippen LogP contribution in [0.15, 0.2) is 47.3 Å². The largest absolute Gasteiger partial charge is 0.496 e. The molecular formula is C25H23BrFN3O4. The fraction of sp³-hybridized carbons (Fsp3) is 0.320. The smallest absolute Gasteiger partial charge is 0.338 e. The predicted molar refractivity (Wildman–Crippen MR) is 129 cm³/mol. The second-order valence-electron chi connectivity index (χ2n) is 8.25. The predicted octanol–water partition coefficient (Wildman–Crippen LogP) is 5.30. The first-order chi connectivity index (χ1) is 16.5. The van der Waals surface area contributed by atoms with Crippen molar-refractivity contribution in [3.05, 3.63) is 64.3 Å². The lowest BCUT2D eigenvalue weighted by Crippen LogP contribution is -2.27. The second kappa shape index (κ2) is 9.31. The number of hydrogen-bond acceptors (Lipinski definition) is 6. The van der Waals surface area contributed by atoms with E-state index in [9.17, 15) is 4.79 Å². The van der Waals surface area contributed by atoms with E-state index in [4.69, 9.17) is 14.2 Å². The first-order valence-electron chi connectivity index (χ1n) is 11.0. The first kappa shape index (κ1) is 22.7. The number of pyridine rings is 2. The zero-order valence-corrected chi connectivity index (χ0v) is 20.3. The van der Waals surface area contributed by atoms with E-state index in [1.54, 1.807) is 37.7 Å². The zero-order chi connectivity index (χ0) is 23.8. The van der Waals surface area contributed by atoms with Gasteiger partial charge in [0.05, 0.1) is 54.0 Å². The number of hydrogen-bond donors (Lipinski definition) is 0. The molecule has 7 nitrogen and oxygen atoms in total. The summed E-state index contributed by atoms with van der Waals surface area (Å²) >= 11 is 3.54. The molecule has 176 valence electrons. The number of methoxy groups -OCH3 is 2. The van der Waals surface area contributed by atoms with Gasteiger partial charge < -0.3 is 18.8 Å². The summed E-state index contributed by atoms with van der Waals surface area (Å²) in [5, 5.41) is 0.754. The molecule has 3 aromatic heterocycles. The van der Waals surface area contributed by atoms with Crippen molar-refractivity contribution in [1.82, 2.24) is 14.5 Å². The number of rotatable bonds is 5. The standard InChI is InChI=1S/C25H23BrFN3O4/c1-32-21-10-15(25(31)33-2)9-19-22(21)23-20(11-16(26)12-29-23)30(19)24(14-4-7-34-8-5-14)17-3-6-28-13-18(17)27/h3,6,9-14,24H,4-5,7-8H2,1-2H3. The molecule has 0 spiro atoms. The minimum atomic E-state index is -0.483. The highest BCUT2D eigenvalue weighted by Gasteiger charge is 2.33. The lowest BCUT2D eigenvalue weighted by atomic mass is 9.86. The maximum absolute atomic E-state index is 15.2. The number of carbonyl (C=O) groups excluding carboxylic acids is 1. The van der Waals surface area contributed by atoms with Crippen molar-refractivity contribution in [3.8, 4) is 5.75 Å². The molecule has 0 radical (unpaired) electrons. The van der Waals surface area contributed by atoms with Gasteiger partial charge in [-0.15, -0.1) is 0 Å². The molecule has 4 aromatic rings. The summed E-state index contributed by atoms with van der Waals surface area (Å²) in [6.45, 7) is 1.20. The summed E-state index contributed by atoms with van der Waals surface area (Å²) in [7, 11) is 2.89. The van der Waals surface area contributed by atoms with Crippen LogP contribution in [0, 0.1) is 11.7 Å². The van der Waals surface area contributed by atoms with Crippen LogP contribution in [-0.2, 0) is 9.47 Å². The molecule has 0 aliphatic carbocycles. The van der Waals surface area contributed by atoms with Gasteiger partial charge in [0.1, 0.15) is 11.6 Å². The fourth-order valence-electron chi connectivity index (χ4n) is 4.92. The molecule has 0 saturated carbocycles. The van der Waals surface area contributed by atoms with E-state index in [0.717, 1.165) is 28.2 Å². The molecular weight excluding hydrogens is 505 g/mol. The molecule has 1 unspecified atom stereocenters. The number of halogens is 2. The van der Waals surface area contributed by atoms with Crippen molar-refractivity contribution in [2.24, 2.45) is 5.92 Å². The monoisotopic (exact) mass is 527 g/mol. The highest BCUT2D eigenvalue weighted by Crippen LogP contribution is 2.44. The quantitative estimate of drug-likeness (QED) is 0.328. The van der Waals surface area contributed by atoms with Gasteiger partial charge in [0.15, 0.2) is 0 Å². The first-order valence-corrected chi connectivity index (χ1v) is 11.8. The molecule has 0 bridgehead atoms. The molecule has 0 amide bonds. The van der Waals surface area contributed by atoms with E-state index >= 15 is 4.39 Å². The third kappa shape index (κ3) is 3.82. The van der Waals surface area contributed by atoms with Gasteiger partial charge >= 0.3 is 5.97 Å². The second-order valence-corrected chi connectivity index (χ2v) is 9.16. The van der Waals surface area contributed by atoms with Crippen LogP contribution < -0.4 is 4.74 Å². The van der Waals surface area contributed by atoms with Crippen molar-refractivity contribution >= 4 is 43.8 Å². The Morgan fingerprint density at radius 1 is 1.21 bits per heavy atom. The maximum atomic E-state index is 15.2. The van der Waals surface area contributed by atoms with Crippen LogP contribution in [0.1, 0.15) is 34.8 Å². The van der Waals surface area contributed by atoms with Gasteiger partial charge in [0, 0.05) is 35.6 Å². The van der Waals surface area contributed by atoms with E-state index in [1.165, 1.54) is 13.3 Å². The highest BCUT2D eigenvalue weighted by atomic mass is 79.9. The molecule has 1 fully saturated rings. The van der Waals surface area contributed by atoms with Gasteiger partial charge in [-0.05, 0) is 59.0 Å². The Hall–Kier alpha value is -3.04. The Morgan fingerprint density at radius 2 is 2.00 bits per heavy atom. The van der Waals surface area contributed by atoms with Crippen LogP contribution in [0.25, 0.3) is 21.9 Å². The lowest BCUT2D eigenvalue weighted by Gasteiger charge is -2.33. The topological polar surface area (TPSA) is 75.5 Å². The summed E-state index contributed by atoms with van der Waals surface area (Å²) in [4.78, 5) is 21.1. The van der Waals surface area contributed by atoms with Crippen LogP contribution >= 0.6 is 15.9 Å². The normalized spacial score (nSPS) is 15.5. The average Bonchev–Trinajstić information content (AvgIpc) is 3.18. The third-order valence-electron chi connectivity index (χ3n) is 6.43. The molecule has 0 N–H and O–H groups in total. The van der Waals surface area contributed by atoms with E-state index in [0.29, 0.717) is 41.1 Å². The maximum Gasteiger partial charge on any atom is 0.338 e. The Labute approximate surface area is 204 Å². The van der Waals surface area contributed by atoms with Crippen LogP contribution in [0.3, 0.4) is 0 Å². The lowest BCUT2D eigenvalue weighted by molar-refractivity contribution is 0.0548. The molecule has 9 heteroatoms. The number of carbonyl (C=O) groups is 1. The SMILES string of the molecule is COC(=O)c1cc(OC)c2c3ncc(Br)cc3n(C(c3ccncc3F)C3CCOCC3)c2c1. The van der Waals surface area contributed by atoms with Gasteiger partial charge in [-0.1, -0.05) is 0 Å². The number of ether oxygens (including phenoxy) is 3. The molecule has 1 aliphatic rings. The minimum Gasteiger partial charge on any atom is -0.496 e. The van der Waals surface area contributed by atoms with Gasteiger partial charge in [-0.3, -0.25) is 9.97 Å². The van der Waals surface area contributed by atoms with E-state index in [1.807, 2.05) is 6.07 Å². The average molecular weight is 528 g/mol. The fourth-order valence-corrected chi connectivity index (χ4v) is 5.24. The summed E-state index contributed by atoms with van der Waals surface area (Å²) in [5.74, 6) is -0.273. The Balaban J connectivity index is 1.91. The van der Waals surface area contributed by atoms with Crippen molar-refractivity contribution < 1.29 is 23.4 Å². The van der Waals surface area contributed by atoms with Crippen LogP contribution in [0.2, 0.25) is 0 Å². The molecule has 1 atom stereocenters. The Morgan fingerprint density at radius 3 is 2.71 bits per heavy atom. The van der Waals surface area contributed by atoms with Crippen molar-refractivity contribution in [3.63, 3.8) is 0 Å². The van der Waals surface area contributed by atoms with E-state index in [2.05, 4.69) is 30.5 Å². The van der Waals surface area contributed by atoms with Crippen molar-refractivity contribution in [2.75, 3.05) is 27.4 Å². The third-order valence-corrected chi connectivity index (χ3v) is 6.86. The molecule has 4 heterocycles. The summed E-state index contributed by atoms with van der Waals surface area (Å²) < 4.78 is 34.4. The van der Waals surface area contributed by atoms with Crippen LogP contribution in [-0.4, -0.2) is 47.9 Å². The van der Waals surface area contributed by atoms with Crippen molar-refractivity contribution in [1.29, 1.82) is 0 Å². The van der Waals surface area contributed by atoms with E-state index < -0.39 is 5.97 Å². The van der Waals surface area contributed by atoms with Crippen LogP contribution in [0.5, 0.6) is 5.75 Å². The number of benzene rings is 1. The van der Waals surface area contributed by atoms with Gasteiger partial charge in [0.2, 0.25) is 0 Å². The highest BCUT2D eigenvalue weighted by molar-refractivity contribution is 9.10. The van der Waals surface area contributed by atoms with Crippen molar-refractivity contribution in [2.45, 2.75) is 18.9 Å². The Kier molecular flexibility index (Phi) is 6.22. The molecule has 1 aliphatic heterocycles. The summed E-state index contributed by atoms with van der Waals surface area (Å²) in [5.41, 5.74) is 3.10. The number of fused-ring (bicyclic) bond motifs is 3. The molecule has 5 rings (SSSR count). The van der Waals surface area contributed by atoms with Gasteiger partial charge in [-0.25, -0.2) is 9.18 Å². The van der Waals surface area contributed by atoms with Gasteiger partial charge in [-0.2, -0.15) is 0 Å². The molecule has 1 saturated heterocycles. The number of aromatic nitrogens is 3. The Bertz CT molecular complexity index is 1380. The molecule has 34 heavy (non-hydrogen) atoms. The zero-order valence-electron chi connectivity index (χ0n) is 18.8. The summed E-state index contributed by atoms with van der Waals surface area (Å²) in [6, 6.07) is 6.73. The minimum absolute atomic E-state index is 0.0937. The van der Waals surface area contributed by atoms with Gasteiger partial charge in [0.25, 0.3) is 0 Å². The van der Waals surface area contributed by atoms with E-state index in [-0.39, 0.29) is 17.8 Å². The number of esters is 1. The van der Waals surface area contributed by atoms with Crippen LogP contribution in [0.4, 0.5) is 4.39 Å². The summed E-state index contributed by atoms with van der Waals surface area (Å²) in [6.07, 6.45) is 6.10.